The number of rotatable bonds is 3. The van der Waals surface area contributed by atoms with Crippen LogP contribution in [0.4, 0.5) is 0 Å². The highest BCUT2D eigenvalue weighted by molar-refractivity contribution is 5.79. The van der Waals surface area contributed by atoms with Gasteiger partial charge in [0.15, 0.2) is 0 Å². The van der Waals surface area contributed by atoms with Crippen molar-refractivity contribution in [1.82, 2.24) is 9.80 Å². The van der Waals surface area contributed by atoms with Crippen molar-refractivity contribution in [2.24, 2.45) is 11.8 Å². The summed E-state index contributed by atoms with van der Waals surface area (Å²) in [5.41, 5.74) is 0. The van der Waals surface area contributed by atoms with Crippen molar-refractivity contribution in [1.29, 1.82) is 0 Å². The molecule has 4 nitrogen and oxygen atoms in total. The minimum Gasteiger partial charge on any atom is -0.381 e. The normalized spacial score (nSPS) is 32.2. The molecule has 0 aromatic carbocycles. The highest BCUT2D eigenvalue weighted by Gasteiger charge is 2.33. The summed E-state index contributed by atoms with van der Waals surface area (Å²) in [6, 6.07) is 0.791. The van der Waals surface area contributed by atoms with E-state index in [2.05, 4.69) is 16.7 Å². The highest BCUT2D eigenvalue weighted by Crippen LogP contribution is 2.30. The Morgan fingerprint density at radius 1 is 0.870 bits per heavy atom. The van der Waals surface area contributed by atoms with E-state index < -0.39 is 0 Å². The number of amides is 1. The average molecular weight is 322 g/mol. The first-order chi connectivity index (χ1) is 11.2. The van der Waals surface area contributed by atoms with Crippen LogP contribution in [0.2, 0.25) is 0 Å². The van der Waals surface area contributed by atoms with Crippen LogP contribution in [0.1, 0.15) is 58.3 Å². The van der Waals surface area contributed by atoms with Crippen molar-refractivity contribution in [3.05, 3.63) is 0 Å². The Hall–Kier alpha value is -0.610. The van der Waals surface area contributed by atoms with Crippen LogP contribution in [-0.4, -0.2) is 61.1 Å². The maximum atomic E-state index is 12.7. The number of ether oxygens (including phenoxy) is 1. The molecular formula is C19H34N2O2. The SMILES string of the molecule is COC1CCN(C(=O)C2CCN(C3CCC(C)CC3)CC2)CC1. The first-order valence-electron chi connectivity index (χ1n) is 9.73. The van der Waals surface area contributed by atoms with Crippen LogP contribution in [-0.2, 0) is 9.53 Å². The molecule has 0 unspecified atom stereocenters. The van der Waals surface area contributed by atoms with Gasteiger partial charge in [-0.1, -0.05) is 6.92 Å². The van der Waals surface area contributed by atoms with Gasteiger partial charge < -0.3 is 14.5 Å². The quantitative estimate of drug-likeness (QED) is 0.801. The third-order valence-electron chi connectivity index (χ3n) is 6.47. The summed E-state index contributed by atoms with van der Waals surface area (Å²) in [7, 11) is 1.78. The molecule has 3 fully saturated rings. The van der Waals surface area contributed by atoms with E-state index in [4.69, 9.17) is 4.74 Å². The van der Waals surface area contributed by atoms with Crippen molar-refractivity contribution >= 4 is 5.91 Å². The van der Waals surface area contributed by atoms with Gasteiger partial charge in [0.05, 0.1) is 6.10 Å². The van der Waals surface area contributed by atoms with E-state index in [9.17, 15) is 4.79 Å². The number of nitrogens with zero attached hydrogens (tertiary/aromatic N) is 2. The van der Waals surface area contributed by atoms with E-state index in [-0.39, 0.29) is 5.92 Å². The van der Waals surface area contributed by atoms with Crippen molar-refractivity contribution < 1.29 is 9.53 Å². The fraction of sp³-hybridized carbons (Fsp3) is 0.947. The van der Waals surface area contributed by atoms with Crippen LogP contribution in [0, 0.1) is 11.8 Å². The van der Waals surface area contributed by atoms with Crippen molar-refractivity contribution in [3.63, 3.8) is 0 Å². The third kappa shape index (κ3) is 4.27. The molecule has 1 amide bonds. The zero-order valence-electron chi connectivity index (χ0n) is 15.0. The van der Waals surface area contributed by atoms with Crippen molar-refractivity contribution in [2.45, 2.75) is 70.4 Å². The van der Waals surface area contributed by atoms with Gasteiger partial charge in [0.2, 0.25) is 5.91 Å². The standard InChI is InChI=1S/C19H34N2O2/c1-15-3-5-17(6-4-15)20-11-7-16(8-12-20)19(22)21-13-9-18(23-2)10-14-21/h15-18H,3-14H2,1-2H3. The molecule has 0 radical (unpaired) electrons. The molecule has 0 N–H and O–H groups in total. The summed E-state index contributed by atoms with van der Waals surface area (Å²) >= 11 is 0. The van der Waals surface area contributed by atoms with E-state index in [1.54, 1.807) is 7.11 Å². The lowest BCUT2D eigenvalue weighted by Gasteiger charge is -2.41. The van der Waals surface area contributed by atoms with Gasteiger partial charge in [-0.15, -0.1) is 0 Å². The summed E-state index contributed by atoms with van der Waals surface area (Å²) in [6.45, 7) is 6.41. The molecule has 0 atom stereocenters. The number of carbonyl (C=O) groups is 1. The number of likely N-dealkylation sites (tertiary alicyclic amines) is 2. The fourth-order valence-corrected chi connectivity index (χ4v) is 4.69. The predicted molar refractivity (Wildman–Crippen MR) is 92.3 cm³/mol. The maximum absolute atomic E-state index is 12.7. The summed E-state index contributed by atoms with van der Waals surface area (Å²) in [4.78, 5) is 17.5. The van der Waals surface area contributed by atoms with Crippen molar-refractivity contribution in [2.75, 3.05) is 33.3 Å². The zero-order valence-corrected chi connectivity index (χ0v) is 15.0. The lowest BCUT2D eigenvalue weighted by Crippen LogP contribution is -2.48. The van der Waals surface area contributed by atoms with Gasteiger partial charge in [-0.25, -0.2) is 0 Å². The molecule has 3 rings (SSSR count). The van der Waals surface area contributed by atoms with E-state index in [1.807, 2.05) is 0 Å². The molecule has 0 spiro atoms. The topological polar surface area (TPSA) is 32.8 Å². The molecule has 4 heteroatoms. The van der Waals surface area contributed by atoms with Gasteiger partial charge >= 0.3 is 0 Å². The lowest BCUT2D eigenvalue weighted by atomic mass is 9.85. The predicted octanol–water partition coefficient (Wildman–Crippen LogP) is 2.91. The monoisotopic (exact) mass is 322 g/mol. The molecule has 132 valence electrons. The summed E-state index contributed by atoms with van der Waals surface area (Å²) in [6.07, 6.45) is 9.99. The Morgan fingerprint density at radius 3 is 2.04 bits per heavy atom. The smallest absolute Gasteiger partial charge is 0.225 e. The molecule has 0 aromatic heterocycles. The number of piperidine rings is 2. The molecule has 1 saturated carbocycles. The average Bonchev–Trinajstić information content (AvgIpc) is 2.62. The van der Waals surface area contributed by atoms with Crippen LogP contribution in [0.15, 0.2) is 0 Å². The second kappa shape index (κ2) is 7.98. The summed E-state index contributed by atoms with van der Waals surface area (Å²) < 4.78 is 5.41. The van der Waals surface area contributed by atoms with E-state index in [1.165, 1.54) is 25.7 Å². The Bertz CT molecular complexity index is 377. The van der Waals surface area contributed by atoms with Crippen molar-refractivity contribution in [3.8, 4) is 0 Å². The van der Waals surface area contributed by atoms with Gasteiger partial charge in [0, 0.05) is 32.2 Å². The van der Waals surface area contributed by atoms with Gasteiger partial charge in [-0.3, -0.25) is 4.79 Å². The van der Waals surface area contributed by atoms with Crippen LogP contribution in [0.25, 0.3) is 0 Å². The van der Waals surface area contributed by atoms with Crippen LogP contribution in [0.5, 0.6) is 0 Å². The van der Waals surface area contributed by atoms with E-state index >= 15 is 0 Å². The Labute approximate surface area is 141 Å². The minimum absolute atomic E-state index is 0.271. The molecule has 0 bridgehead atoms. The molecule has 2 saturated heterocycles. The Balaban J connectivity index is 1.42. The fourth-order valence-electron chi connectivity index (χ4n) is 4.69. The molecule has 1 aliphatic carbocycles. The first-order valence-corrected chi connectivity index (χ1v) is 9.73. The molecule has 23 heavy (non-hydrogen) atoms. The van der Waals surface area contributed by atoms with E-state index in [0.29, 0.717) is 12.0 Å². The summed E-state index contributed by atoms with van der Waals surface area (Å²) in [5, 5.41) is 0. The minimum atomic E-state index is 0.271. The summed E-state index contributed by atoms with van der Waals surface area (Å²) in [5.74, 6) is 1.60. The van der Waals surface area contributed by atoms with E-state index in [0.717, 1.165) is 63.8 Å². The number of carbonyl (C=O) groups excluding carboxylic acids is 1. The van der Waals surface area contributed by atoms with Crippen LogP contribution in [0.3, 0.4) is 0 Å². The number of hydrogen-bond donors (Lipinski definition) is 0. The van der Waals surface area contributed by atoms with Gasteiger partial charge in [0.25, 0.3) is 0 Å². The van der Waals surface area contributed by atoms with Gasteiger partial charge in [-0.2, -0.15) is 0 Å². The lowest BCUT2D eigenvalue weighted by molar-refractivity contribution is -0.139. The molecule has 2 aliphatic heterocycles. The maximum Gasteiger partial charge on any atom is 0.225 e. The van der Waals surface area contributed by atoms with Crippen LogP contribution < -0.4 is 0 Å². The number of methoxy groups -OCH3 is 1. The second-order valence-corrected chi connectivity index (χ2v) is 7.98. The van der Waals surface area contributed by atoms with Crippen LogP contribution >= 0.6 is 0 Å². The second-order valence-electron chi connectivity index (χ2n) is 7.98. The molecule has 0 aromatic rings. The van der Waals surface area contributed by atoms with Gasteiger partial charge in [-0.05, 0) is 70.4 Å². The third-order valence-corrected chi connectivity index (χ3v) is 6.47. The zero-order chi connectivity index (χ0) is 16.2. The highest BCUT2D eigenvalue weighted by atomic mass is 16.5. The largest absolute Gasteiger partial charge is 0.381 e. The first kappa shape index (κ1) is 17.2. The molecule has 3 aliphatic rings. The Kier molecular flexibility index (Phi) is 5.97. The molecular weight excluding hydrogens is 288 g/mol. The van der Waals surface area contributed by atoms with Gasteiger partial charge in [0.1, 0.15) is 0 Å². The Morgan fingerprint density at radius 2 is 1.48 bits per heavy atom. The molecule has 2 heterocycles. The number of hydrogen-bond acceptors (Lipinski definition) is 3.